The Balaban J connectivity index is 1.76. The number of aromatic nitrogens is 2. The molecule has 0 saturated carbocycles. The molecule has 0 spiro atoms. The summed E-state index contributed by atoms with van der Waals surface area (Å²) in [6.45, 7) is 1.74. The van der Waals surface area contributed by atoms with E-state index in [4.69, 9.17) is 4.42 Å². The molecule has 8 heteroatoms. The quantitative estimate of drug-likeness (QED) is 0.750. The summed E-state index contributed by atoms with van der Waals surface area (Å²) < 4.78 is 19.9. The van der Waals surface area contributed by atoms with Gasteiger partial charge in [-0.15, -0.1) is 0 Å². The number of halogens is 1. The molecule has 3 aromatic rings. The van der Waals surface area contributed by atoms with Crippen molar-refractivity contribution >= 4 is 17.6 Å². The highest BCUT2D eigenvalue weighted by molar-refractivity contribution is 6.03. The number of aliphatic imine (C=N–C) groups is 1. The van der Waals surface area contributed by atoms with Crippen LogP contribution in [0.2, 0.25) is 0 Å². The smallest absolute Gasteiger partial charge is 0.257 e. The first kappa shape index (κ1) is 15.1. The minimum atomic E-state index is -0.685. The SMILES string of the molecule is Cc1cc(=O)n2c(n1)NC(Nc1ccc(F)cc1)=N[C@H]2c1ccco1. The third-order valence-corrected chi connectivity index (χ3v) is 3.71. The maximum atomic E-state index is 13.1. The number of nitrogens with one attached hydrogen (secondary N) is 2. The number of benzene rings is 1. The van der Waals surface area contributed by atoms with E-state index in [0.29, 0.717) is 29.0 Å². The van der Waals surface area contributed by atoms with E-state index in [2.05, 4.69) is 20.6 Å². The van der Waals surface area contributed by atoms with Crippen LogP contribution in [0, 0.1) is 12.7 Å². The van der Waals surface area contributed by atoms with Gasteiger partial charge in [0, 0.05) is 17.4 Å². The Labute approximate surface area is 141 Å². The summed E-state index contributed by atoms with van der Waals surface area (Å²) in [6.07, 6.45) is 0.835. The normalized spacial score (nSPS) is 15.9. The van der Waals surface area contributed by atoms with Crippen LogP contribution in [0.3, 0.4) is 0 Å². The summed E-state index contributed by atoms with van der Waals surface area (Å²) >= 11 is 0. The van der Waals surface area contributed by atoms with Gasteiger partial charge in [0.2, 0.25) is 11.9 Å². The molecule has 3 heterocycles. The number of fused-ring (bicyclic) bond motifs is 1. The first-order valence-corrected chi connectivity index (χ1v) is 7.61. The number of nitrogens with zero attached hydrogens (tertiary/aromatic N) is 3. The molecule has 0 aliphatic carbocycles. The summed E-state index contributed by atoms with van der Waals surface area (Å²) in [5, 5.41) is 6.04. The van der Waals surface area contributed by atoms with E-state index < -0.39 is 6.17 Å². The van der Waals surface area contributed by atoms with Gasteiger partial charge in [0.05, 0.1) is 6.26 Å². The Kier molecular flexibility index (Phi) is 3.57. The zero-order chi connectivity index (χ0) is 17.4. The third kappa shape index (κ3) is 2.89. The zero-order valence-corrected chi connectivity index (χ0v) is 13.2. The van der Waals surface area contributed by atoms with Crippen molar-refractivity contribution in [2.45, 2.75) is 13.1 Å². The second-order valence-electron chi connectivity index (χ2n) is 5.55. The minimum absolute atomic E-state index is 0.235. The third-order valence-electron chi connectivity index (χ3n) is 3.71. The van der Waals surface area contributed by atoms with E-state index >= 15 is 0 Å². The van der Waals surface area contributed by atoms with Gasteiger partial charge in [0.1, 0.15) is 11.6 Å². The Morgan fingerprint density at radius 3 is 2.80 bits per heavy atom. The molecule has 1 aliphatic rings. The number of guanidine groups is 1. The summed E-state index contributed by atoms with van der Waals surface area (Å²) in [4.78, 5) is 21.3. The van der Waals surface area contributed by atoms with Crippen molar-refractivity contribution in [2.75, 3.05) is 10.6 Å². The van der Waals surface area contributed by atoms with Crippen LogP contribution in [-0.4, -0.2) is 15.5 Å². The van der Waals surface area contributed by atoms with Gasteiger partial charge in [-0.2, -0.15) is 0 Å². The lowest BCUT2D eigenvalue weighted by Crippen LogP contribution is -2.37. The zero-order valence-electron chi connectivity index (χ0n) is 13.2. The number of hydrogen-bond donors (Lipinski definition) is 2. The summed E-state index contributed by atoms with van der Waals surface area (Å²) in [6, 6.07) is 10.8. The van der Waals surface area contributed by atoms with Crippen LogP contribution in [0.4, 0.5) is 16.0 Å². The van der Waals surface area contributed by atoms with Crippen molar-refractivity contribution in [3.8, 4) is 0 Å². The maximum Gasteiger partial charge on any atom is 0.257 e. The summed E-state index contributed by atoms with van der Waals surface area (Å²) in [7, 11) is 0. The Hall–Kier alpha value is -3.42. The molecule has 0 unspecified atom stereocenters. The molecular weight excluding hydrogens is 325 g/mol. The van der Waals surface area contributed by atoms with Crippen molar-refractivity contribution in [1.29, 1.82) is 0 Å². The molecule has 1 atom stereocenters. The van der Waals surface area contributed by atoms with Gasteiger partial charge in [0.25, 0.3) is 5.56 Å². The van der Waals surface area contributed by atoms with Crippen LogP contribution < -0.4 is 16.2 Å². The van der Waals surface area contributed by atoms with Crippen molar-refractivity contribution in [2.24, 2.45) is 4.99 Å². The molecule has 4 rings (SSSR count). The second kappa shape index (κ2) is 5.90. The van der Waals surface area contributed by atoms with Crippen LogP contribution in [0.15, 0.2) is 62.9 Å². The second-order valence-corrected chi connectivity index (χ2v) is 5.55. The van der Waals surface area contributed by atoms with E-state index in [-0.39, 0.29) is 11.4 Å². The Morgan fingerprint density at radius 2 is 2.08 bits per heavy atom. The lowest BCUT2D eigenvalue weighted by atomic mass is 10.3. The van der Waals surface area contributed by atoms with Crippen LogP contribution in [0.1, 0.15) is 17.6 Å². The molecule has 0 fully saturated rings. The summed E-state index contributed by atoms with van der Waals surface area (Å²) in [5.74, 6) is 0.914. The minimum Gasteiger partial charge on any atom is -0.465 e. The van der Waals surface area contributed by atoms with Crippen molar-refractivity contribution in [3.63, 3.8) is 0 Å². The van der Waals surface area contributed by atoms with Gasteiger partial charge in [0.15, 0.2) is 6.17 Å². The number of rotatable bonds is 2. The molecule has 1 aliphatic heterocycles. The Bertz CT molecular complexity index is 993. The lowest BCUT2D eigenvalue weighted by Gasteiger charge is -2.25. The first-order chi connectivity index (χ1) is 12.1. The molecule has 0 saturated heterocycles. The van der Waals surface area contributed by atoms with Gasteiger partial charge in [-0.3, -0.25) is 10.1 Å². The van der Waals surface area contributed by atoms with Gasteiger partial charge >= 0.3 is 0 Å². The molecule has 0 bridgehead atoms. The number of hydrogen-bond acceptors (Lipinski definition) is 6. The fraction of sp³-hybridized carbons (Fsp3) is 0.118. The monoisotopic (exact) mass is 339 g/mol. The fourth-order valence-corrected chi connectivity index (χ4v) is 2.61. The average Bonchev–Trinajstić information content (AvgIpc) is 3.10. The topological polar surface area (TPSA) is 84.5 Å². The van der Waals surface area contributed by atoms with E-state index in [9.17, 15) is 9.18 Å². The highest BCUT2D eigenvalue weighted by Gasteiger charge is 2.26. The molecule has 126 valence electrons. The van der Waals surface area contributed by atoms with Gasteiger partial charge in [-0.05, 0) is 43.3 Å². The Morgan fingerprint density at radius 1 is 1.28 bits per heavy atom. The van der Waals surface area contributed by atoms with E-state index in [1.165, 1.54) is 29.0 Å². The molecule has 0 radical (unpaired) electrons. The average molecular weight is 339 g/mol. The highest BCUT2D eigenvalue weighted by Crippen LogP contribution is 2.26. The molecule has 2 aromatic heterocycles. The standard InChI is InChI=1S/C17H14FN5O2/c1-10-9-14(24)23-15(13-3-2-8-25-13)21-16(22-17(23)19-10)20-12-6-4-11(18)5-7-12/h2-9,15H,1H3,(H2,19,20,21,22)/t15-/m1/s1. The van der Waals surface area contributed by atoms with E-state index in [1.54, 1.807) is 31.2 Å². The largest absolute Gasteiger partial charge is 0.465 e. The summed E-state index contributed by atoms with van der Waals surface area (Å²) in [5.41, 5.74) is 1.00. The number of furan rings is 1. The van der Waals surface area contributed by atoms with Crippen LogP contribution >= 0.6 is 0 Å². The van der Waals surface area contributed by atoms with Crippen molar-refractivity contribution < 1.29 is 8.81 Å². The molecule has 0 amide bonds. The number of anilines is 2. The molecule has 2 N–H and O–H groups in total. The molecular formula is C17H14FN5O2. The first-order valence-electron chi connectivity index (χ1n) is 7.61. The van der Waals surface area contributed by atoms with Crippen molar-refractivity contribution in [1.82, 2.24) is 9.55 Å². The molecule has 25 heavy (non-hydrogen) atoms. The molecule has 7 nitrogen and oxygen atoms in total. The van der Waals surface area contributed by atoms with Crippen molar-refractivity contribution in [3.05, 3.63) is 76.4 Å². The van der Waals surface area contributed by atoms with Gasteiger partial charge in [-0.1, -0.05) is 0 Å². The highest BCUT2D eigenvalue weighted by atomic mass is 19.1. The fourth-order valence-electron chi connectivity index (χ4n) is 2.61. The number of aryl methyl sites for hydroxylation is 1. The lowest BCUT2D eigenvalue weighted by molar-refractivity contribution is 0.427. The van der Waals surface area contributed by atoms with Crippen LogP contribution in [0.5, 0.6) is 0 Å². The van der Waals surface area contributed by atoms with Gasteiger partial charge in [-0.25, -0.2) is 18.9 Å². The van der Waals surface area contributed by atoms with Crippen LogP contribution in [0.25, 0.3) is 0 Å². The van der Waals surface area contributed by atoms with E-state index in [0.717, 1.165) is 0 Å². The van der Waals surface area contributed by atoms with Crippen LogP contribution in [-0.2, 0) is 0 Å². The predicted octanol–water partition coefficient (Wildman–Crippen LogP) is 2.72. The van der Waals surface area contributed by atoms with Gasteiger partial charge < -0.3 is 9.73 Å². The maximum absolute atomic E-state index is 13.1. The molecule has 1 aromatic carbocycles. The predicted molar refractivity (Wildman–Crippen MR) is 91.2 cm³/mol. The van der Waals surface area contributed by atoms with E-state index in [1.807, 2.05) is 0 Å².